The minimum Gasteiger partial charge on any atom is -0.324 e. The van der Waals surface area contributed by atoms with E-state index in [1.165, 1.54) is 0 Å². The second-order valence-corrected chi connectivity index (χ2v) is 2.77. The van der Waals surface area contributed by atoms with E-state index in [0.717, 1.165) is 13.1 Å². The van der Waals surface area contributed by atoms with Gasteiger partial charge < -0.3 is 11.1 Å². The average Bonchev–Trinajstić information content (AvgIpc) is 1.59. The van der Waals surface area contributed by atoms with Gasteiger partial charge in [0.25, 0.3) is 0 Å². The summed E-state index contributed by atoms with van der Waals surface area (Å²) in [6.07, 6.45) is 0. The van der Waals surface area contributed by atoms with Crippen LogP contribution >= 0.6 is 24.8 Å². The third-order valence-electron chi connectivity index (χ3n) is 0.831. The van der Waals surface area contributed by atoms with E-state index in [4.69, 9.17) is 5.73 Å². The smallest absolute Gasteiger partial charge is 0.0223 e. The van der Waals surface area contributed by atoms with Crippen molar-refractivity contribution in [2.75, 3.05) is 13.1 Å². The normalized spacial score (nSPS) is 9.60. The summed E-state index contributed by atoms with van der Waals surface area (Å²) in [5.74, 6) is 0. The molecule has 0 aliphatic rings. The highest BCUT2D eigenvalue weighted by atomic mass is 35.5. The summed E-state index contributed by atoms with van der Waals surface area (Å²) < 4.78 is 0. The van der Waals surface area contributed by atoms with E-state index < -0.39 is 0 Å². The van der Waals surface area contributed by atoms with Gasteiger partial charge in [0, 0.05) is 12.1 Å². The molecule has 0 rings (SSSR count). The quantitative estimate of drug-likeness (QED) is 0.699. The molecular weight excluding hydrogens is 171 g/mol. The second kappa shape index (κ2) is 7.61. The fourth-order valence-corrected chi connectivity index (χ4v) is 0.447. The standard InChI is InChI=1S/C6H16N2.2ClH/c1-4-8-5-6(2,3)7;;/h8H,4-5,7H2,1-3H3;2*1H. The molecule has 2 nitrogen and oxygen atoms in total. The molecule has 0 aliphatic carbocycles. The van der Waals surface area contributed by atoms with Gasteiger partial charge in [-0.1, -0.05) is 6.92 Å². The molecule has 0 fully saturated rings. The molecule has 0 heterocycles. The molecule has 0 aromatic rings. The summed E-state index contributed by atoms with van der Waals surface area (Å²) in [4.78, 5) is 0. The number of likely N-dealkylation sites (N-methyl/N-ethyl adjacent to an activating group) is 1. The molecule has 0 saturated carbocycles. The molecule has 0 aromatic heterocycles. The number of nitrogens with one attached hydrogen (secondary N) is 1. The summed E-state index contributed by atoms with van der Waals surface area (Å²) in [6.45, 7) is 7.99. The lowest BCUT2D eigenvalue weighted by Crippen LogP contribution is -2.42. The van der Waals surface area contributed by atoms with Crippen LogP contribution in [0.2, 0.25) is 0 Å². The van der Waals surface area contributed by atoms with Crippen LogP contribution in [-0.4, -0.2) is 18.6 Å². The maximum atomic E-state index is 5.66. The first-order valence-corrected chi connectivity index (χ1v) is 3.06. The van der Waals surface area contributed by atoms with E-state index >= 15 is 0 Å². The van der Waals surface area contributed by atoms with Crippen LogP contribution in [0.1, 0.15) is 20.8 Å². The van der Waals surface area contributed by atoms with Crippen LogP contribution in [0.25, 0.3) is 0 Å². The van der Waals surface area contributed by atoms with Gasteiger partial charge in [-0.25, -0.2) is 0 Å². The van der Waals surface area contributed by atoms with Crippen molar-refractivity contribution < 1.29 is 0 Å². The molecule has 4 heteroatoms. The van der Waals surface area contributed by atoms with Gasteiger partial charge in [-0.05, 0) is 20.4 Å². The topological polar surface area (TPSA) is 38.0 Å². The summed E-state index contributed by atoms with van der Waals surface area (Å²) in [5, 5.41) is 3.16. The number of hydrogen-bond acceptors (Lipinski definition) is 2. The van der Waals surface area contributed by atoms with E-state index in [-0.39, 0.29) is 30.4 Å². The van der Waals surface area contributed by atoms with Crippen LogP contribution in [0.5, 0.6) is 0 Å². The molecule has 0 bridgehead atoms. The first-order valence-electron chi connectivity index (χ1n) is 3.06. The van der Waals surface area contributed by atoms with Crippen LogP contribution in [0, 0.1) is 0 Å². The van der Waals surface area contributed by atoms with Crippen LogP contribution in [0.15, 0.2) is 0 Å². The number of halogens is 2. The maximum Gasteiger partial charge on any atom is 0.0223 e. The van der Waals surface area contributed by atoms with Crippen LogP contribution in [-0.2, 0) is 0 Å². The van der Waals surface area contributed by atoms with Crippen molar-refractivity contribution in [2.45, 2.75) is 26.3 Å². The Bertz CT molecular complexity index is 61.3. The zero-order valence-electron chi connectivity index (χ0n) is 6.81. The van der Waals surface area contributed by atoms with Crippen LogP contribution in [0.4, 0.5) is 0 Å². The summed E-state index contributed by atoms with van der Waals surface area (Å²) in [6, 6.07) is 0. The highest BCUT2D eigenvalue weighted by Gasteiger charge is 2.07. The van der Waals surface area contributed by atoms with Gasteiger partial charge in [0.2, 0.25) is 0 Å². The van der Waals surface area contributed by atoms with E-state index in [9.17, 15) is 0 Å². The number of nitrogens with two attached hydrogens (primary N) is 1. The lowest BCUT2D eigenvalue weighted by atomic mass is 10.1. The zero-order chi connectivity index (χ0) is 6.62. The highest BCUT2D eigenvalue weighted by Crippen LogP contribution is 1.90. The summed E-state index contributed by atoms with van der Waals surface area (Å²) >= 11 is 0. The Balaban J connectivity index is -0.000000245. The fraction of sp³-hybridized carbons (Fsp3) is 1.00. The first-order chi connectivity index (χ1) is 3.56. The van der Waals surface area contributed by atoms with Crippen molar-refractivity contribution in [3.63, 3.8) is 0 Å². The third kappa shape index (κ3) is 15.8. The molecule has 0 spiro atoms. The number of hydrogen-bond donors (Lipinski definition) is 2. The van der Waals surface area contributed by atoms with Crippen LogP contribution in [0.3, 0.4) is 0 Å². The Morgan fingerprint density at radius 1 is 1.30 bits per heavy atom. The van der Waals surface area contributed by atoms with Crippen molar-refractivity contribution in [1.82, 2.24) is 5.32 Å². The van der Waals surface area contributed by atoms with Gasteiger partial charge in [0.15, 0.2) is 0 Å². The molecule has 0 aliphatic heterocycles. The predicted molar refractivity (Wildman–Crippen MR) is 51.3 cm³/mol. The minimum absolute atomic E-state index is 0. The molecular formula is C6H18Cl2N2. The van der Waals surface area contributed by atoms with Crippen molar-refractivity contribution in [2.24, 2.45) is 5.73 Å². The van der Waals surface area contributed by atoms with E-state index in [1.807, 2.05) is 13.8 Å². The molecule has 10 heavy (non-hydrogen) atoms. The Hall–Kier alpha value is 0.500. The molecule has 66 valence electrons. The van der Waals surface area contributed by atoms with Gasteiger partial charge in [-0.15, -0.1) is 24.8 Å². The van der Waals surface area contributed by atoms with E-state index in [0.29, 0.717) is 0 Å². The fourth-order valence-electron chi connectivity index (χ4n) is 0.447. The van der Waals surface area contributed by atoms with Crippen molar-refractivity contribution in [3.8, 4) is 0 Å². The molecule has 0 aromatic carbocycles. The van der Waals surface area contributed by atoms with E-state index in [2.05, 4.69) is 12.2 Å². The molecule has 3 N–H and O–H groups in total. The summed E-state index contributed by atoms with van der Waals surface area (Å²) in [7, 11) is 0. The number of rotatable bonds is 3. The van der Waals surface area contributed by atoms with Gasteiger partial charge in [0.05, 0.1) is 0 Å². The molecule has 0 saturated heterocycles. The molecule has 0 unspecified atom stereocenters. The third-order valence-corrected chi connectivity index (χ3v) is 0.831. The van der Waals surface area contributed by atoms with Gasteiger partial charge in [-0.3, -0.25) is 0 Å². The van der Waals surface area contributed by atoms with Gasteiger partial charge in [-0.2, -0.15) is 0 Å². The highest BCUT2D eigenvalue weighted by molar-refractivity contribution is 5.85. The van der Waals surface area contributed by atoms with Crippen molar-refractivity contribution in [1.29, 1.82) is 0 Å². The lowest BCUT2D eigenvalue weighted by Gasteiger charge is -2.17. The van der Waals surface area contributed by atoms with Crippen LogP contribution < -0.4 is 11.1 Å². The molecule has 0 atom stereocenters. The monoisotopic (exact) mass is 188 g/mol. The Morgan fingerprint density at radius 2 is 1.70 bits per heavy atom. The van der Waals surface area contributed by atoms with E-state index in [1.54, 1.807) is 0 Å². The Morgan fingerprint density at radius 3 is 1.80 bits per heavy atom. The van der Waals surface area contributed by atoms with Gasteiger partial charge in [0.1, 0.15) is 0 Å². The Kier molecular flexibility index (Phi) is 12.8. The maximum absolute atomic E-state index is 5.66. The second-order valence-electron chi connectivity index (χ2n) is 2.77. The SMILES string of the molecule is CCNCC(C)(C)N.Cl.Cl. The lowest BCUT2D eigenvalue weighted by molar-refractivity contribution is 0.475. The first kappa shape index (κ1) is 16.8. The molecule has 0 radical (unpaired) electrons. The summed E-state index contributed by atoms with van der Waals surface area (Å²) in [5.41, 5.74) is 5.60. The zero-order valence-corrected chi connectivity index (χ0v) is 8.44. The van der Waals surface area contributed by atoms with Gasteiger partial charge >= 0.3 is 0 Å². The van der Waals surface area contributed by atoms with Crippen molar-refractivity contribution >= 4 is 24.8 Å². The Labute approximate surface area is 75.8 Å². The predicted octanol–water partition coefficient (Wildman–Crippen LogP) is 1.18. The minimum atomic E-state index is -0.0595. The van der Waals surface area contributed by atoms with Crippen molar-refractivity contribution in [3.05, 3.63) is 0 Å². The largest absolute Gasteiger partial charge is 0.324 e. The molecule has 0 amide bonds. The average molecular weight is 189 g/mol.